The lowest BCUT2D eigenvalue weighted by molar-refractivity contribution is -0.458. The lowest BCUT2D eigenvalue weighted by Gasteiger charge is -2.46. The zero-order chi connectivity index (χ0) is 26.9. The first-order valence-electron chi connectivity index (χ1n) is 8.17. The van der Waals surface area contributed by atoms with E-state index >= 15 is 0 Å². The molecule has 0 aromatic heterocycles. The molecule has 0 aromatic rings. The van der Waals surface area contributed by atoms with Crippen LogP contribution in [0.1, 0.15) is 0 Å². The SMILES string of the molecule is C[Si](C)(C1C=CC=C1)C(F)(F)C(F)(F)C(F)(F)C(F)(F)C(F)(F)C(F)(F)C(F)(F)C(F)(F)F. The van der Waals surface area contributed by atoms with Crippen molar-refractivity contribution < 1.29 is 74.6 Å². The molecule has 0 saturated heterocycles. The maximum atomic E-state index is 14.4. The topological polar surface area (TPSA) is 0 Å². The smallest absolute Gasteiger partial charge is 0.205 e. The number of allylic oxidation sites excluding steroid dienone is 4. The van der Waals surface area contributed by atoms with Crippen LogP contribution in [0.25, 0.3) is 0 Å². The molecule has 0 aliphatic heterocycles. The molecule has 18 heteroatoms. The average molecular weight is 542 g/mol. The van der Waals surface area contributed by atoms with Crippen LogP contribution >= 0.6 is 0 Å². The molecule has 0 saturated carbocycles. The van der Waals surface area contributed by atoms with E-state index in [0.717, 1.165) is 24.3 Å². The molecule has 0 bridgehead atoms. The highest BCUT2D eigenvalue weighted by Gasteiger charge is 2.95. The van der Waals surface area contributed by atoms with E-state index in [1.165, 1.54) is 0 Å². The van der Waals surface area contributed by atoms with Gasteiger partial charge in [0.2, 0.25) is 0 Å². The molecule has 0 radical (unpaired) electrons. The van der Waals surface area contributed by atoms with Gasteiger partial charge in [-0.2, -0.15) is 65.9 Å². The summed E-state index contributed by atoms with van der Waals surface area (Å²) in [6, 6.07) is 0. The standard InChI is InChI=1S/C15H11F17Si/c1-33(2,7-5-3-4-6-7)15(31,32)13(26,27)11(22,23)9(18,19)8(16,17)10(20,21)12(24,25)14(28,29)30/h3-7H,1-2H3. The van der Waals surface area contributed by atoms with Crippen LogP contribution in [-0.4, -0.2) is 55.3 Å². The first-order chi connectivity index (χ1) is 14.1. The van der Waals surface area contributed by atoms with E-state index in [0.29, 0.717) is 0 Å². The fourth-order valence-electron chi connectivity index (χ4n) is 2.69. The van der Waals surface area contributed by atoms with Crippen molar-refractivity contribution >= 4 is 8.07 Å². The predicted octanol–water partition coefficient (Wildman–Crippen LogP) is 7.74. The van der Waals surface area contributed by atoms with Crippen LogP contribution in [0.4, 0.5) is 74.6 Å². The third-order valence-electron chi connectivity index (χ3n) is 5.11. The van der Waals surface area contributed by atoms with Crippen LogP contribution in [0.5, 0.6) is 0 Å². The first-order valence-corrected chi connectivity index (χ1v) is 11.2. The van der Waals surface area contributed by atoms with E-state index in [9.17, 15) is 74.6 Å². The summed E-state index contributed by atoms with van der Waals surface area (Å²) in [5, 5.41) is 0. The quantitative estimate of drug-likeness (QED) is 0.218. The number of hydrogen-bond acceptors (Lipinski definition) is 0. The van der Waals surface area contributed by atoms with Gasteiger partial charge in [-0.05, 0) is 5.54 Å². The van der Waals surface area contributed by atoms with Crippen molar-refractivity contribution in [1.82, 2.24) is 0 Å². The summed E-state index contributed by atoms with van der Waals surface area (Å²) in [5.74, 6) is -49.6. The first kappa shape index (κ1) is 29.5. The Hall–Kier alpha value is -1.49. The molecule has 0 nitrogen and oxygen atoms in total. The lowest BCUT2D eigenvalue weighted by atomic mass is 9.91. The Kier molecular flexibility index (Phi) is 6.71. The molecule has 1 rings (SSSR count). The molecule has 194 valence electrons. The maximum Gasteiger partial charge on any atom is 0.460 e. The zero-order valence-corrected chi connectivity index (χ0v) is 16.8. The number of halogens is 17. The van der Waals surface area contributed by atoms with Crippen molar-refractivity contribution in [2.75, 3.05) is 0 Å². The Bertz CT molecular complexity index is 790. The van der Waals surface area contributed by atoms with Gasteiger partial charge >= 0.3 is 41.7 Å². The molecule has 33 heavy (non-hydrogen) atoms. The van der Waals surface area contributed by atoms with Crippen LogP contribution in [0.3, 0.4) is 0 Å². The van der Waals surface area contributed by atoms with Crippen molar-refractivity contribution in [2.24, 2.45) is 0 Å². The Morgan fingerprint density at radius 1 is 0.455 bits per heavy atom. The molecule has 0 atom stereocenters. The van der Waals surface area contributed by atoms with E-state index in [-0.39, 0.29) is 13.1 Å². The Morgan fingerprint density at radius 2 is 0.727 bits per heavy atom. The number of alkyl halides is 17. The van der Waals surface area contributed by atoms with Crippen molar-refractivity contribution in [3.63, 3.8) is 0 Å². The summed E-state index contributed by atoms with van der Waals surface area (Å²) in [4.78, 5) is 0. The molecular formula is C15H11F17Si. The van der Waals surface area contributed by atoms with Gasteiger partial charge in [-0.15, -0.1) is 0 Å². The minimum Gasteiger partial charge on any atom is -0.205 e. The van der Waals surface area contributed by atoms with E-state index in [4.69, 9.17) is 0 Å². The van der Waals surface area contributed by atoms with Crippen LogP contribution in [0, 0.1) is 0 Å². The van der Waals surface area contributed by atoms with Gasteiger partial charge in [-0.25, -0.2) is 8.78 Å². The summed E-state index contributed by atoms with van der Waals surface area (Å²) in [6.45, 7) is 0.425. The summed E-state index contributed by atoms with van der Waals surface area (Å²) in [7, 11) is -5.32. The van der Waals surface area contributed by atoms with E-state index in [2.05, 4.69) is 0 Å². The Balaban J connectivity index is 3.70. The molecule has 0 N–H and O–H groups in total. The molecule has 1 aliphatic carbocycles. The summed E-state index contributed by atoms with van der Waals surface area (Å²) >= 11 is 0. The fourth-order valence-corrected chi connectivity index (χ4v) is 5.26. The number of hydrogen-bond donors (Lipinski definition) is 0. The second-order valence-electron chi connectivity index (χ2n) is 7.54. The third kappa shape index (κ3) is 3.56. The molecule has 1 aliphatic rings. The van der Waals surface area contributed by atoms with E-state index in [1.807, 2.05) is 0 Å². The third-order valence-corrected chi connectivity index (χ3v) is 9.10. The largest absolute Gasteiger partial charge is 0.460 e. The highest BCUT2D eigenvalue weighted by molar-refractivity contribution is 6.82. The molecule has 0 amide bonds. The monoisotopic (exact) mass is 542 g/mol. The van der Waals surface area contributed by atoms with Crippen LogP contribution in [-0.2, 0) is 0 Å². The predicted molar refractivity (Wildman–Crippen MR) is 80.2 cm³/mol. The van der Waals surface area contributed by atoms with Gasteiger partial charge in [-0.1, -0.05) is 37.4 Å². The van der Waals surface area contributed by atoms with Gasteiger partial charge in [0.15, 0.2) is 8.07 Å². The summed E-state index contributed by atoms with van der Waals surface area (Å²) in [5.41, 5.74) is -8.10. The fraction of sp³-hybridized carbons (Fsp3) is 0.733. The highest BCUT2D eigenvalue weighted by Crippen LogP contribution is 2.65. The van der Waals surface area contributed by atoms with E-state index < -0.39 is 60.9 Å². The molecule has 0 aromatic carbocycles. The minimum atomic E-state index is -8.60. The number of rotatable bonds is 8. The van der Waals surface area contributed by atoms with E-state index in [1.54, 1.807) is 0 Å². The van der Waals surface area contributed by atoms with Gasteiger partial charge in [0.1, 0.15) is 0 Å². The second-order valence-corrected chi connectivity index (χ2v) is 12.3. The molecule has 0 heterocycles. The van der Waals surface area contributed by atoms with Crippen molar-refractivity contribution in [1.29, 1.82) is 0 Å². The zero-order valence-electron chi connectivity index (χ0n) is 15.8. The minimum absolute atomic E-state index is 0.213. The maximum absolute atomic E-state index is 14.4. The van der Waals surface area contributed by atoms with Gasteiger partial charge < -0.3 is 0 Å². The van der Waals surface area contributed by atoms with Gasteiger partial charge in [0.25, 0.3) is 5.55 Å². The molecule has 0 unspecified atom stereocenters. The average Bonchev–Trinajstić information content (AvgIpc) is 3.14. The molecular weight excluding hydrogens is 531 g/mol. The van der Waals surface area contributed by atoms with Crippen LogP contribution < -0.4 is 0 Å². The Morgan fingerprint density at radius 3 is 1.03 bits per heavy atom. The summed E-state index contributed by atoms with van der Waals surface area (Å²) < 4.78 is 227. The van der Waals surface area contributed by atoms with Crippen molar-refractivity contribution in [2.45, 2.75) is 65.9 Å². The van der Waals surface area contributed by atoms with Gasteiger partial charge in [0.05, 0.1) is 0 Å². The van der Waals surface area contributed by atoms with Crippen molar-refractivity contribution in [3.05, 3.63) is 24.3 Å². The van der Waals surface area contributed by atoms with Crippen LogP contribution in [0.15, 0.2) is 24.3 Å². The highest BCUT2D eigenvalue weighted by atomic mass is 28.3. The summed E-state index contributed by atoms with van der Waals surface area (Å²) in [6.07, 6.45) is -4.44. The van der Waals surface area contributed by atoms with Crippen molar-refractivity contribution in [3.8, 4) is 0 Å². The van der Waals surface area contributed by atoms with Gasteiger partial charge in [0, 0.05) is 0 Å². The normalized spacial score (nSPS) is 18.4. The van der Waals surface area contributed by atoms with Gasteiger partial charge in [-0.3, -0.25) is 0 Å². The Labute approximate surface area is 174 Å². The molecule has 0 spiro atoms. The lowest BCUT2D eigenvalue weighted by Crippen LogP contribution is -2.76. The second kappa shape index (κ2) is 7.50. The van der Waals surface area contributed by atoms with Crippen LogP contribution in [0.2, 0.25) is 18.6 Å². The molecule has 0 fully saturated rings.